The molecular formula is C11H6BrClFNO4S2. The summed E-state index contributed by atoms with van der Waals surface area (Å²) >= 11 is 9.70. The van der Waals surface area contributed by atoms with Gasteiger partial charge >= 0.3 is 5.97 Å². The zero-order valence-corrected chi connectivity index (χ0v) is 13.9. The molecule has 0 radical (unpaired) electrons. The number of thiophene rings is 1. The number of anilines is 1. The zero-order valence-electron chi connectivity index (χ0n) is 9.93. The second kappa shape index (κ2) is 5.91. The first-order chi connectivity index (χ1) is 9.70. The molecule has 1 aromatic carbocycles. The maximum absolute atomic E-state index is 13.2. The van der Waals surface area contributed by atoms with Crippen LogP contribution in [0.3, 0.4) is 0 Å². The summed E-state index contributed by atoms with van der Waals surface area (Å²) in [6.07, 6.45) is 0. The highest BCUT2D eigenvalue weighted by atomic mass is 79.9. The van der Waals surface area contributed by atoms with Gasteiger partial charge in [-0.3, -0.25) is 4.72 Å². The summed E-state index contributed by atoms with van der Waals surface area (Å²) in [4.78, 5) is 11.0. The minimum Gasteiger partial charge on any atom is -0.478 e. The van der Waals surface area contributed by atoms with E-state index in [4.69, 9.17) is 16.7 Å². The van der Waals surface area contributed by atoms with E-state index in [-0.39, 0.29) is 20.5 Å². The van der Waals surface area contributed by atoms with Gasteiger partial charge in [0, 0.05) is 0 Å². The molecule has 0 aliphatic rings. The monoisotopic (exact) mass is 413 g/mol. The Balaban J connectivity index is 2.45. The lowest BCUT2D eigenvalue weighted by molar-refractivity contribution is 0.0698. The number of aromatic carboxylic acids is 1. The zero-order chi connectivity index (χ0) is 15.8. The van der Waals surface area contributed by atoms with E-state index >= 15 is 0 Å². The summed E-state index contributed by atoms with van der Waals surface area (Å²) in [5, 5.41) is 9.20. The van der Waals surface area contributed by atoms with Crippen molar-refractivity contribution in [2.45, 2.75) is 4.21 Å². The van der Waals surface area contributed by atoms with Gasteiger partial charge in [0.15, 0.2) is 0 Å². The maximum atomic E-state index is 13.2. The average Bonchev–Trinajstić information content (AvgIpc) is 2.69. The number of hydrogen-bond donors (Lipinski definition) is 2. The number of nitrogens with one attached hydrogen (secondary N) is 1. The van der Waals surface area contributed by atoms with Crippen molar-refractivity contribution in [3.8, 4) is 0 Å². The Morgan fingerprint density at radius 1 is 1.38 bits per heavy atom. The first-order valence-corrected chi connectivity index (χ1v) is 8.68. The molecule has 2 rings (SSSR count). The van der Waals surface area contributed by atoms with E-state index < -0.39 is 21.8 Å². The summed E-state index contributed by atoms with van der Waals surface area (Å²) in [6.45, 7) is 0. The number of hydrogen-bond acceptors (Lipinski definition) is 4. The molecule has 0 aliphatic heterocycles. The van der Waals surface area contributed by atoms with Gasteiger partial charge in [0.2, 0.25) is 0 Å². The van der Waals surface area contributed by atoms with Crippen LogP contribution >= 0.6 is 38.9 Å². The van der Waals surface area contributed by atoms with Gasteiger partial charge in [0.1, 0.15) is 10.0 Å². The average molecular weight is 415 g/mol. The smallest absolute Gasteiger partial charge is 0.337 e. The van der Waals surface area contributed by atoms with Gasteiger partial charge in [-0.1, -0.05) is 11.6 Å². The third-order valence-corrected chi connectivity index (χ3v) is 6.66. The first-order valence-electron chi connectivity index (χ1n) is 5.21. The molecule has 112 valence electrons. The van der Waals surface area contributed by atoms with Crippen molar-refractivity contribution in [1.82, 2.24) is 0 Å². The topological polar surface area (TPSA) is 83.5 Å². The Hall–Kier alpha value is -1.16. The molecule has 0 unspecified atom stereocenters. The standard InChI is InChI=1S/C11H6BrClFNO4S2/c12-10-7(13)4-9(20-10)21(18,19)15-8-3-5(14)1-2-6(8)11(16)17/h1-4,15H,(H,16,17). The van der Waals surface area contributed by atoms with Gasteiger partial charge in [-0.05, 0) is 40.2 Å². The molecule has 10 heteroatoms. The first kappa shape index (κ1) is 16.2. The van der Waals surface area contributed by atoms with Crippen molar-refractivity contribution in [3.05, 3.63) is 44.5 Å². The van der Waals surface area contributed by atoms with E-state index in [1.54, 1.807) is 0 Å². The van der Waals surface area contributed by atoms with Crippen molar-refractivity contribution < 1.29 is 22.7 Å². The van der Waals surface area contributed by atoms with Gasteiger partial charge in [0.25, 0.3) is 10.0 Å². The molecule has 0 saturated carbocycles. The maximum Gasteiger partial charge on any atom is 0.337 e. The highest BCUT2D eigenvalue weighted by Crippen LogP contribution is 2.35. The third-order valence-electron chi connectivity index (χ3n) is 2.34. The second-order valence-electron chi connectivity index (χ2n) is 3.79. The van der Waals surface area contributed by atoms with Crippen molar-refractivity contribution in [2.24, 2.45) is 0 Å². The summed E-state index contributed by atoms with van der Waals surface area (Å²) < 4.78 is 39.9. The molecule has 1 heterocycles. The highest BCUT2D eigenvalue weighted by molar-refractivity contribution is 9.11. The number of carboxylic acids is 1. The van der Waals surface area contributed by atoms with Crippen molar-refractivity contribution >= 4 is 60.5 Å². The lowest BCUT2D eigenvalue weighted by Crippen LogP contribution is -2.14. The third kappa shape index (κ3) is 3.54. The molecule has 5 nitrogen and oxygen atoms in total. The van der Waals surface area contributed by atoms with E-state index in [1.165, 1.54) is 6.07 Å². The van der Waals surface area contributed by atoms with Crippen molar-refractivity contribution in [1.29, 1.82) is 0 Å². The second-order valence-corrected chi connectivity index (χ2v) is 8.47. The van der Waals surface area contributed by atoms with Crippen LogP contribution in [0.2, 0.25) is 5.02 Å². The van der Waals surface area contributed by atoms with E-state index in [0.717, 1.165) is 29.5 Å². The fourth-order valence-electron chi connectivity index (χ4n) is 1.44. The number of carbonyl (C=O) groups is 1. The number of halogens is 3. The molecular weight excluding hydrogens is 409 g/mol. The highest BCUT2D eigenvalue weighted by Gasteiger charge is 2.22. The predicted molar refractivity (Wildman–Crippen MR) is 81.2 cm³/mol. The van der Waals surface area contributed by atoms with Crippen LogP contribution in [0.25, 0.3) is 0 Å². The lowest BCUT2D eigenvalue weighted by atomic mass is 10.2. The Labute approximate surface area is 136 Å². The molecule has 2 aromatic rings. The Morgan fingerprint density at radius 2 is 2.05 bits per heavy atom. The molecule has 0 fully saturated rings. The van der Waals surface area contributed by atoms with Crippen molar-refractivity contribution in [2.75, 3.05) is 4.72 Å². The van der Waals surface area contributed by atoms with Crippen LogP contribution in [0.4, 0.5) is 10.1 Å². The molecule has 0 saturated heterocycles. The van der Waals surface area contributed by atoms with Crippen LogP contribution < -0.4 is 4.72 Å². The fraction of sp³-hybridized carbons (Fsp3) is 0. The Morgan fingerprint density at radius 3 is 2.57 bits per heavy atom. The van der Waals surface area contributed by atoms with E-state index in [1.807, 2.05) is 4.72 Å². The molecule has 1 aromatic heterocycles. The lowest BCUT2D eigenvalue weighted by Gasteiger charge is -2.09. The van der Waals surface area contributed by atoms with Gasteiger partial charge in [-0.25, -0.2) is 17.6 Å². The number of carboxylic acid groups (broad SMARTS) is 1. The minimum absolute atomic E-state index is 0.125. The summed E-state index contributed by atoms with van der Waals surface area (Å²) in [5.41, 5.74) is -0.718. The quantitative estimate of drug-likeness (QED) is 0.797. The molecule has 0 spiro atoms. The molecule has 0 atom stereocenters. The molecule has 2 N–H and O–H groups in total. The molecule has 21 heavy (non-hydrogen) atoms. The van der Waals surface area contributed by atoms with Crippen LogP contribution in [-0.4, -0.2) is 19.5 Å². The van der Waals surface area contributed by atoms with Gasteiger partial charge in [-0.2, -0.15) is 0 Å². The number of benzene rings is 1. The van der Waals surface area contributed by atoms with E-state index in [2.05, 4.69) is 15.9 Å². The van der Waals surface area contributed by atoms with E-state index in [0.29, 0.717) is 3.79 Å². The Bertz CT molecular complexity index is 802. The van der Waals surface area contributed by atoms with Gasteiger partial charge < -0.3 is 5.11 Å². The van der Waals surface area contributed by atoms with Gasteiger partial charge in [-0.15, -0.1) is 11.3 Å². The van der Waals surface area contributed by atoms with Crippen LogP contribution in [0.5, 0.6) is 0 Å². The Kier molecular flexibility index (Phi) is 4.57. The number of sulfonamides is 1. The fourth-order valence-corrected chi connectivity index (χ4v) is 4.91. The van der Waals surface area contributed by atoms with Crippen LogP contribution in [0, 0.1) is 5.82 Å². The number of rotatable bonds is 4. The van der Waals surface area contributed by atoms with Gasteiger partial charge in [0.05, 0.1) is 20.1 Å². The largest absolute Gasteiger partial charge is 0.478 e. The molecule has 0 amide bonds. The van der Waals surface area contributed by atoms with Crippen molar-refractivity contribution in [3.63, 3.8) is 0 Å². The van der Waals surface area contributed by atoms with Crippen LogP contribution in [-0.2, 0) is 10.0 Å². The SMILES string of the molecule is O=C(O)c1ccc(F)cc1NS(=O)(=O)c1cc(Cl)c(Br)s1. The minimum atomic E-state index is -4.06. The van der Waals surface area contributed by atoms with Crippen LogP contribution in [0.1, 0.15) is 10.4 Å². The van der Waals surface area contributed by atoms with E-state index in [9.17, 15) is 17.6 Å². The normalized spacial score (nSPS) is 11.4. The van der Waals surface area contributed by atoms with Crippen LogP contribution in [0.15, 0.2) is 32.3 Å². The summed E-state index contributed by atoms with van der Waals surface area (Å²) in [7, 11) is -4.06. The molecule has 0 aliphatic carbocycles. The summed E-state index contributed by atoms with van der Waals surface area (Å²) in [6, 6.07) is 3.91. The predicted octanol–water partition coefficient (Wildman–Crippen LogP) is 3.80. The summed E-state index contributed by atoms with van der Waals surface area (Å²) in [5.74, 6) is -2.14. The molecule has 0 bridgehead atoms.